The minimum absolute atomic E-state index is 0.265. The number of oxazole rings is 1. The van der Waals surface area contributed by atoms with Gasteiger partial charge in [-0.05, 0) is 31.5 Å². The Balaban J connectivity index is 1.66. The lowest BCUT2D eigenvalue weighted by atomic mass is 9.98. The van der Waals surface area contributed by atoms with Crippen molar-refractivity contribution in [1.29, 1.82) is 0 Å². The maximum absolute atomic E-state index is 11.1. The summed E-state index contributed by atoms with van der Waals surface area (Å²) >= 11 is 0. The molecule has 2 aromatic rings. The van der Waals surface area contributed by atoms with Crippen molar-refractivity contribution < 1.29 is 14.3 Å². The van der Waals surface area contributed by atoms with Crippen LogP contribution in [0.5, 0.6) is 0 Å². The molecule has 1 aromatic carbocycles. The first kappa shape index (κ1) is 13.8. The third-order valence-electron chi connectivity index (χ3n) is 3.81. The zero-order valence-electron chi connectivity index (χ0n) is 11.7. The SMILES string of the molecule is O=C(O)[C@H]1CCCN(Cc2coc(-c3ccccc3)n2)C1. The Morgan fingerprint density at radius 2 is 2.19 bits per heavy atom. The number of hydrogen-bond donors (Lipinski definition) is 1. The van der Waals surface area contributed by atoms with E-state index in [4.69, 9.17) is 9.52 Å². The molecule has 5 heteroatoms. The maximum atomic E-state index is 11.1. The molecule has 5 nitrogen and oxygen atoms in total. The van der Waals surface area contributed by atoms with Crippen molar-refractivity contribution >= 4 is 5.97 Å². The van der Waals surface area contributed by atoms with Gasteiger partial charge in [0.05, 0.1) is 11.6 Å². The first-order valence-electron chi connectivity index (χ1n) is 7.17. The van der Waals surface area contributed by atoms with Gasteiger partial charge >= 0.3 is 5.97 Å². The number of nitrogens with zero attached hydrogens (tertiary/aromatic N) is 2. The van der Waals surface area contributed by atoms with Crippen LogP contribution in [0.25, 0.3) is 11.5 Å². The molecule has 0 amide bonds. The van der Waals surface area contributed by atoms with Crippen molar-refractivity contribution in [3.8, 4) is 11.5 Å². The van der Waals surface area contributed by atoms with E-state index in [1.807, 2.05) is 30.3 Å². The van der Waals surface area contributed by atoms with Crippen molar-refractivity contribution in [2.75, 3.05) is 13.1 Å². The highest BCUT2D eigenvalue weighted by Crippen LogP contribution is 2.21. The van der Waals surface area contributed by atoms with Crippen molar-refractivity contribution in [3.63, 3.8) is 0 Å². The number of rotatable bonds is 4. The third-order valence-corrected chi connectivity index (χ3v) is 3.81. The monoisotopic (exact) mass is 286 g/mol. The molecule has 0 radical (unpaired) electrons. The van der Waals surface area contributed by atoms with Crippen molar-refractivity contribution in [2.24, 2.45) is 5.92 Å². The second kappa shape index (κ2) is 6.10. The minimum atomic E-state index is -0.704. The Morgan fingerprint density at radius 1 is 1.38 bits per heavy atom. The molecule has 3 rings (SSSR count). The highest BCUT2D eigenvalue weighted by Gasteiger charge is 2.25. The van der Waals surface area contributed by atoms with Crippen LogP contribution in [0, 0.1) is 5.92 Å². The van der Waals surface area contributed by atoms with E-state index in [1.54, 1.807) is 6.26 Å². The number of aliphatic carboxylic acids is 1. The molecule has 0 bridgehead atoms. The Bertz CT molecular complexity index is 609. The molecule has 0 spiro atoms. The average Bonchev–Trinajstić information content (AvgIpc) is 2.97. The Hall–Kier alpha value is -2.14. The molecule has 110 valence electrons. The van der Waals surface area contributed by atoms with Crippen LogP contribution in [0.4, 0.5) is 0 Å². The molecule has 0 saturated carbocycles. The zero-order valence-corrected chi connectivity index (χ0v) is 11.7. The number of carboxylic acids is 1. The van der Waals surface area contributed by atoms with E-state index in [0.717, 1.165) is 30.6 Å². The van der Waals surface area contributed by atoms with Crippen LogP contribution in [0.2, 0.25) is 0 Å². The van der Waals surface area contributed by atoms with Crippen LogP contribution in [-0.4, -0.2) is 34.0 Å². The molecule has 1 fully saturated rings. The number of piperidine rings is 1. The van der Waals surface area contributed by atoms with Crippen molar-refractivity contribution in [2.45, 2.75) is 19.4 Å². The molecule has 1 saturated heterocycles. The molecular weight excluding hydrogens is 268 g/mol. The number of aromatic nitrogens is 1. The molecule has 1 N–H and O–H groups in total. The van der Waals surface area contributed by atoms with Crippen molar-refractivity contribution in [3.05, 3.63) is 42.3 Å². The standard InChI is InChI=1S/C16H18N2O3/c19-16(20)13-7-4-8-18(9-13)10-14-11-21-15(17-14)12-5-2-1-3-6-12/h1-3,5-6,11,13H,4,7-10H2,(H,19,20)/t13-/m0/s1. The molecule has 1 aliphatic rings. The number of likely N-dealkylation sites (tertiary alicyclic amines) is 1. The molecule has 0 aliphatic carbocycles. The predicted octanol–water partition coefficient (Wildman–Crippen LogP) is 2.64. The molecule has 21 heavy (non-hydrogen) atoms. The van der Waals surface area contributed by atoms with Crippen molar-refractivity contribution in [1.82, 2.24) is 9.88 Å². The predicted molar refractivity (Wildman–Crippen MR) is 77.6 cm³/mol. The van der Waals surface area contributed by atoms with Crippen LogP contribution < -0.4 is 0 Å². The lowest BCUT2D eigenvalue weighted by Crippen LogP contribution is -2.38. The number of hydrogen-bond acceptors (Lipinski definition) is 4. The first-order valence-corrected chi connectivity index (χ1v) is 7.17. The summed E-state index contributed by atoms with van der Waals surface area (Å²) in [5.74, 6) is -0.360. The van der Waals surface area contributed by atoms with E-state index in [0.29, 0.717) is 19.0 Å². The van der Waals surface area contributed by atoms with Crippen LogP contribution in [0.1, 0.15) is 18.5 Å². The van der Waals surface area contributed by atoms with Gasteiger partial charge in [0.1, 0.15) is 6.26 Å². The van der Waals surface area contributed by atoms with Crippen LogP contribution in [-0.2, 0) is 11.3 Å². The summed E-state index contributed by atoms with van der Waals surface area (Å²) in [4.78, 5) is 17.7. The van der Waals surface area contributed by atoms with E-state index >= 15 is 0 Å². The van der Waals surface area contributed by atoms with Gasteiger partial charge < -0.3 is 9.52 Å². The first-order chi connectivity index (χ1) is 10.2. The third kappa shape index (κ3) is 3.31. The average molecular weight is 286 g/mol. The number of carboxylic acid groups (broad SMARTS) is 1. The molecule has 1 aliphatic heterocycles. The molecule has 1 aromatic heterocycles. The quantitative estimate of drug-likeness (QED) is 0.936. The summed E-state index contributed by atoms with van der Waals surface area (Å²) in [5.41, 5.74) is 1.80. The van der Waals surface area contributed by atoms with E-state index in [-0.39, 0.29) is 5.92 Å². The van der Waals surface area contributed by atoms with Gasteiger partial charge in [-0.15, -0.1) is 0 Å². The minimum Gasteiger partial charge on any atom is -0.481 e. The van der Waals surface area contributed by atoms with Gasteiger partial charge in [-0.1, -0.05) is 18.2 Å². The fraction of sp³-hybridized carbons (Fsp3) is 0.375. The summed E-state index contributed by atoms with van der Waals surface area (Å²) in [6.07, 6.45) is 3.34. The summed E-state index contributed by atoms with van der Waals surface area (Å²) in [6.45, 7) is 2.14. The smallest absolute Gasteiger partial charge is 0.307 e. The van der Waals surface area contributed by atoms with Gasteiger partial charge in [0.25, 0.3) is 0 Å². The molecule has 0 unspecified atom stereocenters. The maximum Gasteiger partial charge on any atom is 0.307 e. The van der Waals surface area contributed by atoms with Crippen LogP contribution >= 0.6 is 0 Å². The fourth-order valence-electron chi connectivity index (χ4n) is 2.72. The summed E-state index contributed by atoms with van der Waals surface area (Å²) < 4.78 is 5.51. The Labute approximate surface area is 123 Å². The van der Waals surface area contributed by atoms with Crippen LogP contribution in [0.3, 0.4) is 0 Å². The lowest BCUT2D eigenvalue weighted by Gasteiger charge is -2.29. The lowest BCUT2D eigenvalue weighted by molar-refractivity contribution is -0.143. The normalized spacial score (nSPS) is 19.5. The van der Waals surface area contributed by atoms with Gasteiger partial charge in [0.2, 0.25) is 5.89 Å². The topological polar surface area (TPSA) is 66.6 Å². The van der Waals surface area contributed by atoms with Gasteiger partial charge in [-0.3, -0.25) is 9.69 Å². The second-order valence-electron chi connectivity index (χ2n) is 5.42. The Morgan fingerprint density at radius 3 is 2.95 bits per heavy atom. The highest BCUT2D eigenvalue weighted by molar-refractivity contribution is 5.70. The zero-order chi connectivity index (χ0) is 14.7. The number of benzene rings is 1. The van der Waals surface area contributed by atoms with Gasteiger partial charge in [0, 0.05) is 18.7 Å². The van der Waals surface area contributed by atoms with E-state index in [2.05, 4.69) is 9.88 Å². The van der Waals surface area contributed by atoms with E-state index in [9.17, 15) is 4.79 Å². The molecule has 1 atom stereocenters. The number of carbonyl (C=O) groups is 1. The van der Waals surface area contributed by atoms with Crippen LogP contribution in [0.15, 0.2) is 41.0 Å². The highest BCUT2D eigenvalue weighted by atomic mass is 16.4. The van der Waals surface area contributed by atoms with Gasteiger partial charge in [0.15, 0.2) is 0 Å². The largest absolute Gasteiger partial charge is 0.481 e. The summed E-state index contributed by atoms with van der Waals surface area (Å²) in [7, 11) is 0. The fourth-order valence-corrected chi connectivity index (χ4v) is 2.72. The van der Waals surface area contributed by atoms with Gasteiger partial charge in [-0.2, -0.15) is 0 Å². The van der Waals surface area contributed by atoms with E-state index < -0.39 is 5.97 Å². The molecule has 2 heterocycles. The summed E-state index contributed by atoms with van der Waals surface area (Å²) in [5, 5.41) is 9.11. The Kier molecular flexibility index (Phi) is 4.01. The second-order valence-corrected chi connectivity index (χ2v) is 5.42. The van der Waals surface area contributed by atoms with E-state index in [1.165, 1.54) is 0 Å². The summed E-state index contributed by atoms with van der Waals surface area (Å²) in [6, 6.07) is 9.75. The van der Waals surface area contributed by atoms with Gasteiger partial charge in [-0.25, -0.2) is 4.98 Å². The molecular formula is C16H18N2O3.